The molecule has 1 heterocycles. The monoisotopic (exact) mass is 354 g/mol. The third kappa shape index (κ3) is 5.11. The van der Waals surface area contributed by atoms with Crippen molar-refractivity contribution in [3.63, 3.8) is 0 Å². The highest BCUT2D eigenvalue weighted by molar-refractivity contribution is 14.0. The van der Waals surface area contributed by atoms with Crippen LogP contribution in [0.4, 0.5) is 0 Å². The average Bonchev–Trinajstić information content (AvgIpc) is 2.72. The first kappa shape index (κ1) is 15.6. The van der Waals surface area contributed by atoms with E-state index in [2.05, 4.69) is 27.5 Å². The van der Waals surface area contributed by atoms with Crippen molar-refractivity contribution in [1.29, 1.82) is 0 Å². The van der Waals surface area contributed by atoms with Crippen LogP contribution in [0.5, 0.6) is 0 Å². The molecule has 92 valence electrons. The van der Waals surface area contributed by atoms with Crippen molar-refractivity contribution in [2.75, 3.05) is 13.6 Å². The lowest BCUT2D eigenvalue weighted by atomic mass is 10.4. The number of nitrogens with one attached hydrogen (secondary N) is 2. The van der Waals surface area contributed by atoms with Crippen LogP contribution < -0.4 is 10.6 Å². The summed E-state index contributed by atoms with van der Waals surface area (Å²) in [6, 6.07) is 0. The number of rotatable bonds is 4. The van der Waals surface area contributed by atoms with E-state index >= 15 is 0 Å². The second kappa shape index (κ2) is 8.74. The Kier molecular flexibility index (Phi) is 8.54. The maximum Gasteiger partial charge on any atom is 0.191 e. The van der Waals surface area contributed by atoms with Gasteiger partial charge in [-0.05, 0) is 13.3 Å². The molecule has 0 aliphatic rings. The summed E-state index contributed by atoms with van der Waals surface area (Å²) in [4.78, 5) is 9.74. The van der Waals surface area contributed by atoms with Crippen molar-refractivity contribution in [1.82, 2.24) is 15.6 Å². The lowest BCUT2D eigenvalue weighted by molar-refractivity contribution is 0.824. The number of halogens is 1. The molecule has 0 atom stereocenters. The number of aliphatic imine (C=N–C) groups is 1. The Morgan fingerprint density at radius 1 is 1.44 bits per heavy atom. The normalized spacial score (nSPS) is 10.8. The van der Waals surface area contributed by atoms with Crippen LogP contribution in [0.1, 0.15) is 23.7 Å². The molecule has 4 nitrogen and oxygen atoms in total. The highest BCUT2D eigenvalue weighted by Crippen LogP contribution is 2.12. The molecule has 0 fully saturated rings. The number of thiazole rings is 1. The molecule has 0 aliphatic carbocycles. The highest BCUT2D eigenvalue weighted by Gasteiger charge is 2.01. The van der Waals surface area contributed by atoms with E-state index in [4.69, 9.17) is 0 Å². The first-order valence-corrected chi connectivity index (χ1v) is 5.99. The molecule has 0 saturated heterocycles. The Morgan fingerprint density at radius 3 is 2.69 bits per heavy atom. The van der Waals surface area contributed by atoms with Crippen LogP contribution in [0.2, 0.25) is 0 Å². The summed E-state index contributed by atoms with van der Waals surface area (Å²) in [5, 5.41) is 7.45. The van der Waals surface area contributed by atoms with E-state index in [0.29, 0.717) is 0 Å². The fourth-order valence-corrected chi connectivity index (χ4v) is 1.94. The molecule has 2 N–H and O–H groups in total. The Morgan fingerprint density at radius 2 is 2.19 bits per heavy atom. The number of hydrogen-bond acceptors (Lipinski definition) is 3. The third-order valence-corrected chi connectivity index (χ3v) is 3.07. The van der Waals surface area contributed by atoms with Gasteiger partial charge >= 0.3 is 0 Å². The summed E-state index contributed by atoms with van der Waals surface area (Å²) >= 11 is 1.75. The average molecular weight is 354 g/mol. The highest BCUT2D eigenvalue weighted by atomic mass is 127. The van der Waals surface area contributed by atoms with Crippen LogP contribution in [-0.4, -0.2) is 24.5 Å². The molecule has 16 heavy (non-hydrogen) atoms. The van der Waals surface area contributed by atoms with Gasteiger partial charge in [0, 0.05) is 24.7 Å². The van der Waals surface area contributed by atoms with Gasteiger partial charge in [0.2, 0.25) is 0 Å². The molecule has 0 aromatic carbocycles. The molecule has 0 radical (unpaired) electrons. The summed E-state index contributed by atoms with van der Waals surface area (Å²) in [6.45, 7) is 5.80. The second-order valence-corrected chi connectivity index (χ2v) is 4.23. The van der Waals surface area contributed by atoms with Crippen LogP contribution in [-0.2, 0) is 13.0 Å². The summed E-state index contributed by atoms with van der Waals surface area (Å²) in [7, 11) is 1.77. The maximum atomic E-state index is 4.33. The Labute approximate surface area is 118 Å². The van der Waals surface area contributed by atoms with Crippen molar-refractivity contribution in [3.05, 3.63) is 16.1 Å². The van der Waals surface area contributed by atoms with Gasteiger partial charge < -0.3 is 10.6 Å². The molecular formula is C10H19IN4S. The van der Waals surface area contributed by atoms with Crippen molar-refractivity contribution in [3.8, 4) is 0 Å². The zero-order valence-corrected chi connectivity index (χ0v) is 13.1. The number of aromatic nitrogens is 1. The molecule has 6 heteroatoms. The minimum Gasteiger partial charge on any atom is -0.357 e. The SMILES string of the molecule is CCNC(=NC)NCc1ncc(CC)s1.I. The van der Waals surface area contributed by atoms with Crippen molar-refractivity contribution >= 4 is 41.3 Å². The molecule has 0 aliphatic heterocycles. The van der Waals surface area contributed by atoms with Gasteiger partial charge in [0.05, 0.1) is 6.54 Å². The van der Waals surface area contributed by atoms with E-state index in [9.17, 15) is 0 Å². The van der Waals surface area contributed by atoms with Gasteiger partial charge in [0.15, 0.2) is 5.96 Å². The molecule has 0 saturated carbocycles. The Bertz CT molecular complexity index is 324. The molecule has 0 amide bonds. The van der Waals surface area contributed by atoms with Crippen LogP contribution in [0.3, 0.4) is 0 Å². The van der Waals surface area contributed by atoms with Crippen molar-refractivity contribution in [2.45, 2.75) is 26.8 Å². The molecule has 0 unspecified atom stereocenters. The maximum absolute atomic E-state index is 4.33. The van der Waals surface area contributed by atoms with Gasteiger partial charge in [-0.2, -0.15) is 0 Å². The zero-order valence-electron chi connectivity index (χ0n) is 9.91. The second-order valence-electron chi connectivity index (χ2n) is 3.03. The van der Waals surface area contributed by atoms with Crippen LogP contribution >= 0.6 is 35.3 Å². The summed E-state index contributed by atoms with van der Waals surface area (Å²) in [5.74, 6) is 0.825. The van der Waals surface area contributed by atoms with Gasteiger partial charge in [0.1, 0.15) is 5.01 Å². The molecule has 1 aromatic heterocycles. The zero-order chi connectivity index (χ0) is 11.1. The van der Waals surface area contributed by atoms with E-state index in [1.54, 1.807) is 18.4 Å². The fourth-order valence-electron chi connectivity index (χ4n) is 1.14. The van der Waals surface area contributed by atoms with Gasteiger partial charge in [-0.15, -0.1) is 35.3 Å². The number of hydrogen-bond donors (Lipinski definition) is 2. The topological polar surface area (TPSA) is 49.3 Å². The third-order valence-electron chi connectivity index (χ3n) is 1.92. The van der Waals surface area contributed by atoms with Gasteiger partial charge in [-0.25, -0.2) is 4.98 Å². The first-order chi connectivity index (χ1) is 7.30. The van der Waals surface area contributed by atoms with Gasteiger partial charge in [-0.3, -0.25) is 4.99 Å². The van der Waals surface area contributed by atoms with Gasteiger partial charge in [-0.1, -0.05) is 6.92 Å². The first-order valence-electron chi connectivity index (χ1n) is 5.18. The van der Waals surface area contributed by atoms with Crippen molar-refractivity contribution in [2.24, 2.45) is 4.99 Å². The lowest BCUT2D eigenvalue weighted by Gasteiger charge is -2.08. The quantitative estimate of drug-likeness (QED) is 0.494. The molecule has 0 bridgehead atoms. The Hall–Kier alpha value is -0.370. The molecule has 1 aromatic rings. The van der Waals surface area contributed by atoms with E-state index < -0.39 is 0 Å². The minimum atomic E-state index is 0. The lowest BCUT2D eigenvalue weighted by Crippen LogP contribution is -2.36. The van der Waals surface area contributed by atoms with E-state index in [1.165, 1.54) is 4.88 Å². The summed E-state index contributed by atoms with van der Waals surface area (Å²) in [5.41, 5.74) is 0. The molecule has 1 rings (SSSR count). The fraction of sp³-hybridized carbons (Fsp3) is 0.600. The van der Waals surface area contributed by atoms with Crippen LogP contribution in [0.15, 0.2) is 11.2 Å². The van der Waals surface area contributed by atoms with Crippen LogP contribution in [0.25, 0.3) is 0 Å². The van der Waals surface area contributed by atoms with Gasteiger partial charge in [0.25, 0.3) is 0 Å². The number of guanidine groups is 1. The van der Waals surface area contributed by atoms with E-state index in [1.807, 2.05) is 13.1 Å². The standard InChI is InChI=1S/C10H18N4S.HI/c1-4-8-6-13-9(15-8)7-14-10(11-3)12-5-2;/h6H,4-5,7H2,1-3H3,(H2,11,12,14);1H. The number of aryl methyl sites for hydroxylation is 1. The molecular weight excluding hydrogens is 335 g/mol. The summed E-state index contributed by atoms with van der Waals surface area (Å²) in [6.07, 6.45) is 3.00. The predicted molar refractivity (Wildman–Crippen MR) is 80.8 cm³/mol. The number of nitrogens with zero attached hydrogens (tertiary/aromatic N) is 2. The van der Waals surface area contributed by atoms with E-state index in [-0.39, 0.29) is 24.0 Å². The van der Waals surface area contributed by atoms with E-state index in [0.717, 1.165) is 30.5 Å². The largest absolute Gasteiger partial charge is 0.357 e. The smallest absolute Gasteiger partial charge is 0.191 e. The minimum absolute atomic E-state index is 0. The summed E-state index contributed by atoms with van der Waals surface area (Å²) < 4.78 is 0. The van der Waals surface area contributed by atoms with Crippen LogP contribution in [0, 0.1) is 0 Å². The van der Waals surface area contributed by atoms with Crippen molar-refractivity contribution < 1.29 is 0 Å². The predicted octanol–water partition coefficient (Wildman–Crippen LogP) is 2.01. The molecule has 0 spiro atoms. The Balaban J connectivity index is 0.00000225.